The van der Waals surface area contributed by atoms with Crippen LogP contribution in [0, 0.1) is 0 Å². The molecular formula is C13H9N5O. The number of anilines is 1. The van der Waals surface area contributed by atoms with E-state index >= 15 is 0 Å². The van der Waals surface area contributed by atoms with Gasteiger partial charge < -0.3 is 5.32 Å². The Morgan fingerprint density at radius 3 is 2.63 bits per heavy atom. The Balaban J connectivity index is 1.87. The molecule has 19 heavy (non-hydrogen) atoms. The molecule has 6 heteroatoms. The molecule has 0 fully saturated rings. The van der Waals surface area contributed by atoms with E-state index in [1.54, 1.807) is 0 Å². The lowest BCUT2D eigenvalue weighted by molar-refractivity contribution is 0.102. The zero-order valence-electron chi connectivity index (χ0n) is 9.82. The molecule has 2 aromatic heterocycles. The highest BCUT2D eigenvalue weighted by Gasteiger charge is 2.08. The number of para-hydroxylation sites is 2. The highest BCUT2D eigenvalue weighted by Crippen LogP contribution is 2.11. The number of nitrogens with one attached hydrogen (secondary N) is 1. The molecule has 3 rings (SSSR count). The molecule has 0 aliphatic carbocycles. The molecule has 1 N–H and O–H groups in total. The van der Waals surface area contributed by atoms with Crippen LogP contribution in [-0.4, -0.2) is 25.8 Å². The summed E-state index contributed by atoms with van der Waals surface area (Å²) >= 11 is 0. The lowest BCUT2D eigenvalue weighted by Crippen LogP contribution is -2.14. The van der Waals surface area contributed by atoms with Gasteiger partial charge in [0.25, 0.3) is 5.91 Å². The Hall–Kier alpha value is -2.89. The normalized spacial score (nSPS) is 10.3. The summed E-state index contributed by atoms with van der Waals surface area (Å²) in [6.45, 7) is 0. The van der Waals surface area contributed by atoms with E-state index in [1.165, 1.54) is 24.8 Å². The molecular weight excluding hydrogens is 242 g/mol. The molecule has 0 spiro atoms. The van der Waals surface area contributed by atoms with Crippen LogP contribution in [0.3, 0.4) is 0 Å². The molecule has 0 aliphatic heterocycles. The van der Waals surface area contributed by atoms with Crippen LogP contribution in [0.25, 0.3) is 11.0 Å². The van der Waals surface area contributed by atoms with Crippen molar-refractivity contribution in [2.75, 3.05) is 5.32 Å². The van der Waals surface area contributed by atoms with E-state index in [0.29, 0.717) is 5.82 Å². The third-order valence-electron chi connectivity index (χ3n) is 2.49. The number of hydrogen-bond acceptors (Lipinski definition) is 5. The fourth-order valence-corrected chi connectivity index (χ4v) is 1.61. The third-order valence-corrected chi connectivity index (χ3v) is 2.49. The molecule has 0 unspecified atom stereocenters. The van der Waals surface area contributed by atoms with E-state index in [2.05, 4.69) is 25.3 Å². The minimum atomic E-state index is -0.363. The second-order valence-corrected chi connectivity index (χ2v) is 3.79. The van der Waals surface area contributed by atoms with Gasteiger partial charge in [-0.25, -0.2) is 9.97 Å². The summed E-state index contributed by atoms with van der Waals surface area (Å²) in [5.41, 5.74) is 1.73. The fourth-order valence-electron chi connectivity index (χ4n) is 1.61. The molecule has 1 aromatic carbocycles. The van der Waals surface area contributed by atoms with Crippen molar-refractivity contribution in [1.29, 1.82) is 0 Å². The monoisotopic (exact) mass is 251 g/mol. The number of nitrogens with zero attached hydrogens (tertiary/aromatic N) is 4. The van der Waals surface area contributed by atoms with Gasteiger partial charge in [-0.3, -0.25) is 14.8 Å². The molecule has 0 saturated heterocycles. The standard InChI is InChI=1S/C13H9N5O/c19-13(11-7-14-5-6-15-11)18-12-8-16-9-3-1-2-4-10(9)17-12/h1-8H,(H,17,18,19). The summed E-state index contributed by atoms with van der Waals surface area (Å²) in [4.78, 5) is 28.1. The van der Waals surface area contributed by atoms with Crippen LogP contribution in [0.5, 0.6) is 0 Å². The van der Waals surface area contributed by atoms with Gasteiger partial charge in [0.05, 0.1) is 23.4 Å². The van der Waals surface area contributed by atoms with Crippen LogP contribution in [0.1, 0.15) is 10.5 Å². The average Bonchev–Trinajstić information content (AvgIpc) is 2.48. The zero-order valence-corrected chi connectivity index (χ0v) is 9.82. The minimum Gasteiger partial charge on any atom is -0.304 e. The molecule has 0 saturated carbocycles. The smallest absolute Gasteiger partial charge is 0.277 e. The first-order valence-electron chi connectivity index (χ1n) is 5.62. The zero-order chi connectivity index (χ0) is 13.1. The molecule has 2 heterocycles. The van der Waals surface area contributed by atoms with Gasteiger partial charge >= 0.3 is 0 Å². The van der Waals surface area contributed by atoms with E-state index in [9.17, 15) is 4.79 Å². The van der Waals surface area contributed by atoms with Crippen molar-refractivity contribution in [3.8, 4) is 0 Å². The number of aromatic nitrogens is 4. The van der Waals surface area contributed by atoms with Gasteiger partial charge in [-0.05, 0) is 12.1 Å². The van der Waals surface area contributed by atoms with E-state index in [-0.39, 0.29) is 11.6 Å². The molecule has 0 atom stereocenters. The average molecular weight is 251 g/mol. The van der Waals surface area contributed by atoms with Gasteiger partial charge in [0, 0.05) is 12.4 Å². The first kappa shape index (κ1) is 11.2. The molecule has 6 nitrogen and oxygen atoms in total. The highest BCUT2D eigenvalue weighted by molar-refractivity contribution is 6.02. The summed E-state index contributed by atoms with van der Waals surface area (Å²) in [5, 5.41) is 2.64. The number of hydrogen-bond donors (Lipinski definition) is 1. The summed E-state index contributed by atoms with van der Waals surface area (Å²) in [6, 6.07) is 7.44. The molecule has 92 valence electrons. The predicted molar refractivity (Wildman–Crippen MR) is 69.5 cm³/mol. The van der Waals surface area contributed by atoms with Gasteiger partial charge in [0.2, 0.25) is 0 Å². The van der Waals surface area contributed by atoms with Crippen LogP contribution in [0.15, 0.2) is 49.1 Å². The minimum absolute atomic E-state index is 0.234. The Labute approximate surface area is 108 Å². The quantitative estimate of drug-likeness (QED) is 0.749. The van der Waals surface area contributed by atoms with Crippen LogP contribution in [-0.2, 0) is 0 Å². The fraction of sp³-hybridized carbons (Fsp3) is 0. The maximum atomic E-state index is 11.9. The third kappa shape index (κ3) is 2.37. The number of rotatable bonds is 2. The van der Waals surface area contributed by atoms with Gasteiger partial charge in [-0.1, -0.05) is 12.1 Å². The molecule has 1 amide bonds. The van der Waals surface area contributed by atoms with Crippen molar-refractivity contribution in [2.24, 2.45) is 0 Å². The van der Waals surface area contributed by atoms with E-state index in [4.69, 9.17) is 0 Å². The first-order valence-corrected chi connectivity index (χ1v) is 5.62. The highest BCUT2D eigenvalue weighted by atomic mass is 16.1. The molecule has 0 bridgehead atoms. The summed E-state index contributed by atoms with van der Waals surface area (Å²) in [5.74, 6) is 0.0204. The van der Waals surface area contributed by atoms with Gasteiger partial charge in [-0.2, -0.15) is 0 Å². The summed E-state index contributed by atoms with van der Waals surface area (Å²) < 4.78 is 0. The second-order valence-electron chi connectivity index (χ2n) is 3.79. The maximum absolute atomic E-state index is 11.9. The van der Waals surface area contributed by atoms with E-state index < -0.39 is 0 Å². The SMILES string of the molecule is O=C(Nc1cnc2ccccc2n1)c1cnccn1. The van der Waals surface area contributed by atoms with Crippen molar-refractivity contribution >= 4 is 22.8 Å². The van der Waals surface area contributed by atoms with Gasteiger partial charge in [0.15, 0.2) is 5.82 Å². The Kier molecular flexibility index (Phi) is 2.82. The Morgan fingerprint density at radius 2 is 1.84 bits per heavy atom. The number of fused-ring (bicyclic) bond motifs is 1. The van der Waals surface area contributed by atoms with E-state index in [0.717, 1.165) is 11.0 Å². The number of benzene rings is 1. The van der Waals surface area contributed by atoms with Crippen LogP contribution in [0.2, 0.25) is 0 Å². The first-order chi connectivity index (χ1) is 9.33. The van der Waals surface area contributed by atoms with Crippen LogP contribution >= 0.6 is 0 Å². The Bertz CT molecular complexity index is 729. The molecule has 3 aromatic rings. The predicted octanol–water partition coefficient (Wildman–Crippen LogP) is 1.67. The molecule has 0 aliphatic rings. The van der Waals surface area contributed by atoms with Crippen molar-refractivity contribution in [2.45, 2.75) is 0 Å². The van der Waals surface area contributed by atoms with Crippen molar-refractivity contribution < 1.29 is 4.79 Å². The largest absolute Gasteiger partial charge is 0.304 e. The van der Waals surface area contributed by atoms with Crippen molar-refractivity contribution in [1.82, 2.24) is 19.9 Å². The van der Waals surface area contributed by atoms with E-state index in [1.807, 2.05) is 24.3 Å². The topological polar surface area (TPSA) is 80.7 Å². The van der Waals surface area contributed by atoms with Crippen LogP contribution < -0.4 is 5.32 Å². The van der Waals surface area contributed by atoms with Crippen molar-refractivity contribution in [3.63, 3.8) is 0 Å². The Morgan fingerprint density at radius 1 is 1.00 bits per heavy atom. The second kappa shape index (κ2) is 4.77. The van der Waals surface area contributed by atoms with Crippen LogP contribution in [0.4, 0.5) is 5.82 Å². The summed E-state index contributed by atoms with van der Waals surface area (Å²) in [7, 11) is 0. The lowest BCUT2D eigenvalue weighted by Gasteiger charge is -2.04. The maximum Gasteiger partial charge on any atom is 0.277 e. The number of amides is 1. The lowest BCUT2D eigenvalue weighted by atomic mass is 10.3. The number of carbonyl (C=O) groups is 1. The molecule has 0 radical (unpaired) electrons. The van der Waals surface area contributed by atoms with Gasteiger partial charge in [-0.15, -0.1) is 0 Å². The van der Waals surface area contributed by atoms with Gasteiger partial charge in [0.1, 0.15) is 5.69 Å². The number of carbonyl (C=O) groups excluding carboxylic acids is 1. The van der Waals surface area contributed by atoms with Crippen molar-refractivity contribution in [3.05, 3.63) is 54.7 Å². The summed E-state index contributed by atoms with van der Waals surface area (Å²) in [6.07, 6.45) is 5.87.